The van der Waals surface area contributed by atoms with E-state index in [2.05, 4.69) is 155 Å². The van der Waals surface area contributed by atoms with Gasteiger partial charge in [0.25, 0.3) is 5.79 Å². The summed E-state index contributed by atoms with van der Waals surface area (Å²) >= 11 is 0. The fourth-order valence-electron chi connectivity index (χ4n) is 17.9. The smallest absolute Gasteiger partial charge is 0.338 e. The highest BCUT2D eigenvalue weighted by atomic mass is 16.7. The fraction of sp³-hybridized carbons (Fsp3) is 0.522. The zero-order valence-electron chi connectivity index (χ0n) is 83.8. The SMILES string of the molecule is CCC1(OC(=O)c2ccc(C)cc2C)CCCCC1.Cc1cc(C)c2c(c1O)OC(C)(c1ccccc1)O2.Cc1cc(C)cc(OC2CCCCO2)c1.Cc1cc(C)cc(OC2CCCO2)c1.Cc1cc(OC(C)OC2CCCCC2)c(C)cc1O.Cc1ccc(C)c(OC(C)OC2CCCCC2)c1.Cc1ccc(OC2CCCCO2)c(C)c1.Cc1ccc(OC2CCCO2)c(C)c1. The summed E-state index contributed by atoms with van der Waals surface area (Å²) < 4.78 is 86.4. The van der Waals surface area contributed by atoms with Crippen LogP contribution in [0, 0.1) is 111 Å². The third kappa shape index (κ3) is 34.5. The lowest BCUT2D eigenvalue weighted by Crippen LogP contribution is -2.36. The van der Waals surface area contributed by atoms with Gasteiger partial charge < -0.3 is 81.3 Å². The van der Waals surface area contributed by atoms with Gasteiger partial charge in [-0.25, -0.2) is 4.79 Å². The van der Waals surface area contributed by atoms with Crippen molar-refractivity contribution in [3.63, 3.8) is 0 Å². The maximum absolute atomic E-state index is 12.4. The van der Waals surface area contributed by atoms with Crippen LogP contribution >= 0.6 is 0 Å². The normalized spacial score (nSPS) is 19.9. The van der Waals surface area contributed by atoms with Crippen LogP contribution in [0.4, 0.5) is 0 Å². The second-order valence-corrected chi connectivity index (χ2v) is 37.8. The van der Waals surface area contributed by atoms with Gasteiger partial charge in [-0.15, -0.1) is 0 Å². The molecule has 0 amide bonds. The molecule has 0 spiro atoms. The Morgan fingerprint density at radius 3 is 1.21 bits per heavy atom. The van der Waals surface area contributed by atoms with Crippen molar-refractivity contribution in [3.05, 3.63) is 258 Å². The van der Waals surface area contributed by atoms with Gasteiger partial charge in [0.05, 0.1) is 44.2 Å². The Bertz CT molecular complexity index is 5000. The molecule has 18 heteroatoms. The first kappa shape index (κ1) is 105. The number of aromatic hydroxyl groups is 2. The number of ether oxygens (including phenoxy) is 15. The van der Waals surface area contributed by atoms with E-state index in [1.165, 1.54) is 145 Å². The highest BCUT2D eigenvalue weighted by Crippen LogP contribution is 2.52. The molecule has 133 heavy (non-hydrogen) atoms. The van der Waals surface area contributed by atoms with Crippen LogP contribution in [0.2, 0.25) is 0 Å². The molecule has 7 fully saturated rings. The zero-order chi connectivity index (χ0) is 95.6. The molecule has 0 aromatic heterocycles. The van der Waals surface area contributed by atoms with Crippen molar-refractivity contribution < 1.29 is 86.1 Å². The van der Waals surface area contributed by atoms with Crippen LogP contribution in [0.1, 0.15) is 300 Å². The lowest BCUT2D eigenvalue weighted by molar-refractivity contribution is -0.117. The van der Waals surface area contributed by atoms with Gasteiger partial charge >= 0.3 is 5.97 Å². The molecule has 9 aromatic rings. The lowest BCUT2D eigenvalue weighted by atomic mass is 9.82. The molecule has 18 nitrogen and oxygen atoms in total. The quantitative estimate of drug-likeness (QED) is 0.0539. The Morgan fingerprint density at radius 2 is 0.767 bits per heavy atom. The number of rotatable bonds is 20. The van der Waals surface area contributed by atoms with Crippen molar-refractivity contribution in [3.8, 4) is 57.5 Å². The first-order chi connectivity index (χ1) is 63.8. The highest BCUT2D eigenvalue weighted by Gasteiger charge is 2.42. The van der Waals surface area contributed by atoms with Crippen molar-refractivity contribution in [2.45, 2.75) is 367 Å². The van der Waals surface area contributed by atoms with E-state index in [9.17, 15) is 15.0 Å². The molecular formula is C115H156O18. The van der Waals surface area contributed by atoms with Gasteiger partial charge in [-0.1, -0.05) is 160 Å². The Morgan fingerprint density at radius 1 is 0.361 bits per heavy atom. The van der Waals surface area contributed by atoms with Crippen molar-refractivity contribution in [2.75, 3.05) is 26.4 Å². The molecule has 2 N–H and O–H groups in total. The third-order valence-electron chi connectivity index (χ3n) is 25.2. The Hall–Kier alpha value is -9.79. The number of hydrogen-bond donors (Lipinski definition) is 2. The predicted molar refractivity (Wildman–Crippen MR) is 531 cm³/mol. The number of phenolic OH excluding ortho intramolecular Hbond substituents is 2. The number of benzene rings is 9. The van der Waals surface area contributed by atoms with E-state index >= 15 is 0 Å². The van der Waals surface area contributed by atoms with Crippen molar-refractivity contribution in [1.29, 1.82) is 0 Å². The molecule has 724 valence electrons. The largest absolute Gasteiger partial charge is 0.508 e. The molecule has 4 saturated heterocycles. The van der Waals surface area contributed by atoms with Crippen molar-refractivity contribution in [1.82, 2.24) is 0 Å². The Balaban J connectivity index is 0.000000158. The minimum atomic E-state index is -0.889. The maximum Gasteiger partial charge on any atom is 0.338 e. The topological polar surface area (TPSA) is 196 Å². The number of carbonyl (C=O) groups excluding carboxylic acids is 1. The average Bonchev–Trinajstić information content (AvgIpc) is 1.60. The minimum Gasteiger partial charge on any atom is -0.508 e. The summed E-state index contributed by atoms with van der Waals surface area (Å²) in [4.78, 5) is 12.4. The van der Waals surface area contributed by atoms with E-state index in [1.807, 2.05) is 135 Å². The molecule has 17 rings (SSSR count). The van der Waals surface area contributed by atoms with Crippen molar-refractivity contribution in [2.24, 2.45) is 0 Å². The molecular weight excluding hydrogens is 1670 g/mol. The third-order valence-corrected chi connectivity index (χ3v) is 25.2. The van der Waals surface area contributed by atoms with Crippen molar-refractivity contribution >= 4 is 5.97 Å². The van der Waals surface area contributed by atoms with E-state index in [0.29, 0.717) is 35.0 Å². The maximum atomic E-state index is 12.4. The van der Waals surface area contributed by atoms with E-state index < -0.39 is 5.79 Å². The van der Waals surface area contributed by atoms with Crippen LogP contribution in [0.15, 0.2) is 158 Å². The summed E-state index contributed by atoms with van der Waals surface area (Å²) in [7, 11) is 0. The summed E-state index contributed by atoms with van der Waals surface area (Å²) in [5.74, 6) is 5.96. The standard InChI is InChI=1S/C17H24O2.C16H16O3.C16H24O3.C16H24O2.2C13H18O2.2C12H16O2/c1-4-17(10-6-5-7-11-17)19-16(18)15-9-8-13(2)12-14(15)3;1-10-9-11(2)14-15(13(10)17)19-16(3,18-14)12-7-5-4-6-8-12;1-11-10-16(12(2)9-15(11)17)19-13(3)18-14-7-5-4-6-8-14;1-12-9-10-13(2)16(11-12)18-14(3)17-15-7-5-4-6-8-15;1-10-6-7-12(11(2)9-10)15-13-5-3-4-8-14-13;1-10-7-11(2)9-12(8-10)15-13-5-3-4-6-14-13;1-9-5-6-11(10(2)8-9)14-12-4-3-7-13-12;1-9-6-10(2)8-11(7-9)14-12-4-3-5-13-12/h8-9,12H,4-7,10-11H2,1-3H3;4-9,17H,1-3H3;9-10,13-14,17H,4-8H2,1-3H3;9-11,14-15H,4-8H2,1-3H3;6-7,9,13H,3-5,8H2,1-2H3;7-9,13H,3-6H2,1-2H3;5-6,8,12H,3-4,7H2,1-2H3;6-8,12H,3-5H2,1-2H3. The van der Waals surface area contributed by atoms with Crippen LogP contribution in [0.25, 0.3) is 0 Å². The van der Waals surface area contributed by atoms with Crippen LogP contribution in [0.3, 0.4) is 0 Å². The number of hydrogen-bond acceptors (Lipinski definition) is 18. The summed E-state index contributed by atoms with van der Waals surface area (Å²) in [6, 6.07) is 52.4. The summed E-state index contributed by atoms with van der Waals surface area (Å²) in [5, 5.41) is 19.7. The summed E-state index contributed by atoms with van der Waals surface area (Å²) in [6.45, 7) is 43.7. The van der Waals surface area contributed by atoms with E-state index in [4.69, 9.17) is 71.1 Å². The molecule has 3 saturated carbocycles. The van der Waals surface area contributed by atoms with Crippen LogP contribution in [-0.4, -0.2) is 98.2 Å². The average molecular weight is 1830 g/mol. The monoisotopic (exact) mass is 1830 g/mol. The van der Waals surface area contributed by atoms with Gasteiger partial charge in [-0.05, 0) is 360 Å². The van der Waals surface area contributed by atoms with Gasteiger partial charge in [0.2, 0.25) is 5.75 Å². The first-order valence-corrected chi connectivity index (χ1v) is 49.3. The number of phenols is 2. The van der Waals surface area contributed by atoms with E-state index in [1.54, 1.807) is 6.07 Å². The Kier molecular flexibility index (Phi) is 41.9. The van der Waals surface area contributed by atoms with E-state index in [-0.39, 0.29) is 55.1 Å². The van der Waals surface area contributed by atoms with Gasteiger partial charge in [-0.2, -0.15) is 0 Å². The van der Waals surface area contributed by atoms with Crippen LogP contribution in [-0.2, 0) is 38.9 Å². The van der Waals surface area contributed by atoms with Gasteiger partial charge in [0, 0.05) is 38.2 Å². The fourth-order valence-corrected chi connectivity index (χ4v) is 17.9. The Labute approximate surface area is 796 Å². The number of aryl methyl sites for hydroxylation is 16. The minimum absolute atomic E-state index is 0.0311. The molecule has 9 aromatic carbocycles. The lowest BCUT2D eigenvalue weighted by Gasteiger charge is -2.36. The second kappa shape index (κ2) is 52.9. The van der Waals surface area contributed by atoms with Gasteiger partial charge in [0.1, 0.15) is 45.8 Å². The van der Waals surface area contributed by atoms with Gasteiger partial charge in [-0.3, -0.25) is 0 Å². The number of fused-ring (bicyclic) bond motifs is 1. The second-order valence-electron chi connectivity index (χ2n) is 37.8. The molecule has 3 aliphatic carbocycles. The molecule has 7 atom stereocenters. The predicted octanol–water partition coefficient (Wildman–Crippen LogP) is 28.7. The highest BCUT2D eigenvalue weighted by molar-refractivity contribution is 5.91. The molecule has 0 radical (unpaired) electrons. The molecule has 5 aliphatic heterocycles. The summed E-state index contributed by atoms with van der Waals surface area (Å²) in [5.41, 5.74) is 19.3. The number of carbonyl (C=O) groups is 1. The zero-order valence-corrected chi connectivity index (χ0v) is 83.8. The number of esters is 1. The molecule has 8 aliphatic rings. The van der Waals surface area contributed by atoms with Crippen LogP contribution in [0.5, 0.6) is 57.5 Å². The molecule has 0 bridgehead atoms. The van der Waals surface area contributed by atoms with Gasteiger partial charge in [0.15, 0.2) is 49.2 Å². The van der Waals surface area contributed by atoms with E-state index in [0.717, 1.165) is 178 Å². The van der Waals surface area contributed by atoms with Crippen LogP contribution < -0.4 is 37.9 Å². The first-order valence-electron chi connectivity index (χ1n) is 49.3. The summed E-state index contributed by atoms with van der Waals surface area (Å²) in [6.07, 6.45) is 30.1. The molecule has 5 heterocycles. The molecule has 7 unspecified atom stereocenters.